The first-order valence-electron chi connectivity index (χ1n) is 5.53. The molecule has 0 aliphatic carbocycles. The Morgan fingerprint density at radius 1 is 1.61 bits per heavy atom. The topological polar surface area (TPSA) is 88.2 Å². The Hall–Kier alpha value is -2.13. The molecule has 0 aliphatic rings. The van der Waals surface area contributed by atoms with Crippen molar-refractivity contribution in [3.05, 3.63) is 33.9 Å². The molecule has 0 bridgehead atoms. The van der Waals surface area contributed by atoms with Crippen molar-refractivity contribution in [2.75, 3.05) is 13.7 Å². The first kappa shape index (κ1) is 13.9. The van der Waals surface area contributed by atoms with Crippen molar-refractivity contribution in [1.82, 2.24) is 5.32 Å². The van der Waals surface area contributed by atoms with E-state index in [1.807, 2.05) is 0 Å². The maximum absolute atomic E-state index is 10.8. The number of ether oxygens (including phenoxy) is 1. The summed E-state index contributed by atoms with van der Waals surface area (Å²) in [6.07, 6.45) is 0.470. The van der Waals surface area contributed by atoms with Gasteiger partial charge < -0.3 is 10.1 Å². The van der Waals surface area contributed by atoms with Crippen molar-refractivity contribution in [3.8, 4) is 11.8 Å². The van der Waals surface area contributed by atoms with Crippen molar-refractivity contribution in [2.45, 2.75) is 19.4 Å². The second-order valence-electron chi connectivity index (χ2n) is 3.84. The molecule has 96 valence electrons. The van der Waals surface area contributed by atoms with Gasteiger partial charge in [0, 0.05) is 12.5 Å². The maximum atomic E-state index is 10.8. The molecule has 1 unspecified atom stereocenters. The van der Waals surface area contributed by atoms with Crippen LogP contribution in [0, 0.1) is 28.4 Å². The zero-order chi connectivity index (χ0) is 13.5. The van der Waals surface area contributed by atoms with E-state index in [0.717, 1.165) is 5.56 Å². The molecule has 1 aromatic carbocycles. The molecule has 0 saturated heterocycles. The highest BCUT2D eigenvalue weighted by molar-refractivity contribution is 5.48. The molecule has 0 saturated carbocycles. The normalized spacial score (nSPS) is 11.6. The molecular formula is C12H15N3O3. The number of nitro benzene ring substituents is 1. The van der Waals surface area contributed by atoms with Crippen molar-refractivity contribution in [1.29, 1.82) is 5.26 Å². The predicted octanol–water partition coefficient (Wildman–Crippen LogP) is 1.78. The Balaban J connectivity index is 2.68. The van der Waals surface area contributed by atoms with E-state index in [4.69, 9.17) is 10.00 Å². The number of hydrogen-bond donors (Lipinski definition) is 1. The number of rotatable bonds is 6. The standard InChI is InChI=1S/C12H15N3O3/c1-9-3-4-12(11(7-9)15(16)17)18-6-5-10(8-13)14-2/h3-4,7,10,14H,5-6H2,1-2H3. The van der Waals surface area contributed by atoms with Gasteiger partial charge in [0.2, 0.25) is 0 Å². The first-order chi connectivity index (χ1) is 8.58. The predicted molar refractivity (Wildman–Crippen MR) is 66.4 cm³/mol. The van der Waals surface area contributed by atoms with E-state index in [2.05, 4.69) is 11.4 Å². The summed E-state index contributed by atoms with van der Waals surface area (Å²) >= 11 is 0. The lowest BCUT2D eigenvalue weighted by atomic mass is 10.2. The second-order valence-corrected chi connectivity index (χ2v) is 3.84. The van der Waals surface area contributed by atoms with Crippen LogP contribution in [0.4, 0.5) is 5.69 Å². The van der Waals surface area contributed by atoms with Crippen molar-refractivity contribution in [2.24, 2.45) is 0 Å². The SMILES string of the molecule is CNC(C#N)CCOc1ccc(C)cc1[N+](=O)[O-]. The minimum absolute atomic E-state index is 0.0482. The Labute approximate surface area is 105 Å². The van der Waals surface area contributed by atoms with Crippen LogP contribution in [0.2, 0.25) is 0 Å². The van der Waals surface area contributed by atoms with Gasteiger partial charge in [0.25, 0.3) is 0 Å². The molecule has 0 amide bonds. The van der Waals surface area contributed by atoms with Crippen molar-refractivity contribution >= 4 is 5.69 Å². The third kappa shape index (κ3) is 3.71. The highest BCUT2D eigenvalue weighted by atomic mass is 16.6. The van der Waals surface area contributed by atoms with Gasteiger partial charge in [0.15, 0.2) is 5.75 Å². The number of nitriles is 1. The van der Waals surface area contributed by atoms with E-state index < -0.39 is 4.92 Å². The third-order valence-corrected chi connectivity index (χ3v) is 2.48. The number of nitrogens with one attached hydrogen (secondary N) is 1. The zero-order valence-corrected chi connectivity index (χ0v) is 10.3. The highest BCUT2D eigenvalue weighted by Crippen LogP contribution is 2.27. The average molecular weight is 249 g/mol. The van der Waals surface area contributed by atoms with Crippen LogP contribution in [0.15, 0.2) is 18.2 Å². The summed E-state index contributed by atoms with van der Waals surface area (Å²) in [7, 11) is 1.68. The molecule has 6 heteroatoms. The van der Waals surface area contributed by atoms with Gasteiger partial charge in [0.1, 0.15) is 0 Å². The van der Waals surface area contributed by atoms with Gasteiger partial charge in [-0.25, -0.2) is 0 Å². The van der Waals surface area contributed by atoms with Crippen LogP contribution in [-0.2, 0) is 0 Å². The highest BCUT2D eigenvalue weighted by Gasteiger charge is 2.15. The third-order valence-electron chi connectivity index (χ3n) is 2.48. The fraction of sp³-hybridized carbons (Fsp3) is 0.417. The quantitative estimate of drug-likeness (QED) is 0.613. The van der Waals surface area contributed by atoms with Crippen molar-refractivity contribution < 1.29 is 9.66 Å². The molecule has 1 atom stereocenters. The molecule has 0 aromatic heterocycles. The lowest BCUT2D eigenvalue weighted by Gasteiger charge is -2.09. The minimum atomic E-state index is -0.470. The van der Waals surface area contributed by atoms with Crippen LogP contribution < -0.4 is 10.1 Å². The molecule has 1 aromatic rings. The number of hydrogen-bond acceptors (Lipinski definition) is 5. The van der Waals surface area contributed by atoms with Crippen LogP contribution in [0.25, 0.3) is 0 Å². The van der Waals surface area contributed by atoms with E-state index in [1.165, 1.54) is 6.07 Å². The Bertz CT molecular complexity index is 468. The van der Waals surface area contributed by atoms with Gasteiger partial charge in [-0.3, -0.25) is 10.1 Å². The second kappa shape index (κ2) is 6.57. The van der Waals surface area contributed by atoms with Gasteiger partial charge in [-0.2, -0.15) is 5.26 Å². The van der Waals surface area contributed by atoms with Gasteiger partial charge in [-0.15, -0.1) is 0 Å². The molecule has 0 radical (unpaired) electrons. The molecule has 1 rings (SSSR count). The van der Waals surface area contributed by atoms with E-state index in [-0.39, 0.29) is 24.1 Å². The Kier molecular flexibility index (Phi) is 5.08. The van der Waals surface area contributed by atoms with Crippen LogP contribution in [0.5, 0.6) is 5.75 Å². The van der Waals surface area contributed by atoms with Crippen LogP contribution >= 0.6 is 0 Å². The largest absolute Gasteiger partial charge is 0.487 e. The molecule has 1 N–H and O–H groups in total. The maximum Gasteiger partial charge on any atom is 0.311 e. The number of benzene rings is 1. The summed E-state index contributed by atoms with van der Waals surface area (Å²) < 4.78 is 5.35. The summed E-state index contributed by atoms with van der Waals surface area (Å²) in [6, 6.07) is 6.55. The minimum Gasteiger partial charge on any atom is -0.487 e. The fourth-order valence-electron chi connectivity index (χ4n) is 1.45. The van der Waals surface area contributed by atoms with Crippen LogP contribution in [0.1, 0.15) is 12.0 Å². The van der Waals surface area contributed by atoms with Crippen LogP contribution in [0.3, 0.4) is 0 Å². The van der Waals surface area contributed by atoms with E-state index >= 15 is 0 Å². The Morgan fingerprint density at radius 3 is 2.89 bits per heavy atom. The molecule has 6 nitrogen and oxygen atoms in total. The van der Waals surface area contributed by atoms with E-state index in [1.54, 1.807) is 26.1 Å². The zero-order valence-electron chi connectivity index (χ0n) is 10.3. The number of nitro groups is 1. The fourth-order valence-corrected chi connectivity index (χ4v) is 1.45. The van der Waals surface area contributed by atoms with E-state index in [0.29, 0.717) is 6.42 Å². The first-order valence-corrected chi connectivity index (χ1v) is 5.53. The molecule has 18 heavy (non-hydrogen) atoms. The summed E-state index contributed by atoms with van der Waals surface area (Å²) in [5, 5.41) is 22.4. The summed E-state index contributed by atoms with van der Waals surface area (Å²) in [5.41, 5.74) is 0.757. The average Bonchev–Trinajstić information content (AvgIpc) is 2.36. The molecule has 0 fully saturated rings. The van der Waals surface area contributed by atoms with Gasteiger partial charge >= 0.3 is 5.69 Å². The van der Waals surface area contributed by atoms with Crippen LogP contribution in [-0.4, -0.2) is 24.6 Å². The molecule has 0 spiro atoms. The summed E-state index contributed by atoms with van der Waals surface area (Å²) in [6.45, 7) is 2.03. The summed E-state index contributed by atoms with van der Waals surface area (Å²) in [5.74, 6) is 0.235. The number of aryl methyl sites for hydroxylation is 1. The number of nitrogens with zero attached hydrogens (tertiary/aromatic N) is 2. The lowest BCUT2D eigenvalue weighted by Crippen LogP contribution is -2.25. The van der Waals surface area contributed by atoms with Gasteiger partial charge in [-0.05, 0) is 25.6 Å². The monoisotopic (exact) mass is 249 g/mol. The van der Waals surface area contributed by atoms with E-state index in [9.17, 15) is 10.1 Å². The molecule has 0 heterocycles. The van der Waals surface area contributed by atoms with Gasteiger partial charge in [-0.1, -0.05) is 6.07 Å². The summed E-state index contributed by atoms with van der Waals surface area (Å²) in [4.78, 5) is 10.4. The Morgan fingerprint density at radius 2 is 2.33 bits per heavy atom. The molecule has 0 aliphatic heterocycles. The molecular weight excluding hydrogens is 234 g/mol. The lowest BCUT2D eigenvalue weighted by molar-refractivity contribution is -0.385. The van der Waals surface area contributed by atoms with Crippen molar-refractivity contribution in [3.63, 3.8) is 0 Å². The smallest absolute Gasteiger partial charge is 0.311 e. The van der Waals surface area contributed by atoms with Gasteiger partial charge in [0.05, 0.1) is 23.6 Å².